The van der Waals surface area contributed by atoms with Crippen LogP contribution in [0.25, 0.3) is 23.1 Å². The van der Waals surface area contributed by atoms with Crippen LogP contribution in [0.1, 0.15) is 56.2 Å². The average Bonchev–Trinajstić information content (AvgIpc) is 2.77. The average molecular weight is 406 g/mol. The number of aromatic nitrogens is 1. The third kappa shape index (κ3) is 7.58. The molecule has 3 rings (SSSR count). The topological polar surface area (TPSA) is 22.1 Å². The number of fused-ring (bicyclic) bond motifs is 1. The van der Waals surface area contributed by atoms with Crippen LogP contribution in [0, 0.1) is 0 Å². The highest BCUT2D eigenvalue weighted by Gasteiger charge is 1.97. The van der Waals surface area contributed by atoms with Gasteiger partial charge in [-0.05, 0) is 54.5 Å². The van der Waals surface area contributed by atoms with Crippen LogP contribution in [0.3, 0.4) is 0 Å². The Kier molecular flexibility index (Phi) is 9.12. The molecular formula is C26H31NOS. The molecule has 0 bridgehead atoms. The summed E-state index contributed by atoms with van der Waals surface area (Å²) < 4.78 is 5.87. The van der Waals surface area contributed by atoms with Crippen LogP contribution in [0.2, 0.25) is 0 Å². The van der Waals surface area contributed by atoms with Crippen molar-refractivity contribution in [2.24, 2.45) is 0 Å². The van der Waals surface area contributed by atoms with Crippen molar-refractivity contribution in [1.82, 2.24) is 4.98 Å². The standard InChI is InChI=1S/C26H31NOS/c29-21-9-5-3-1-2-4-8-20-28-25-18-13-22(14-19-25)12-16-24-17-15-23-10-6-7-11-26(23)27-24/h6-7,10-19,29H,1-5,8-9,20-21H2. The van der Waals surface area contributed by atoms with Crippen LogP contribution < -0.4 is 4.74 Å². The zero-order chi connectivity index (χ0) is 20.2. The first-order valence-corrected chi connectivity index (χ1v) is 11.4. The van der Waals surface area contributed by atoms with Gasteiger partial charge < -0.3 is 4.74 Å². The number of hydrogen-bond acceptors (Lipinski definition) is 3. The Morgan fingerprint density at radius 1 is 0.724 bits per heavy atom. The second kappa shape index (κ2) is 12.3. The molecule has 1 heterocycles. The normalized spacial score (nSPS) is 11.3. The summed E-state index contributed by atoms with van der Waals surface area (Å²) in [6, 6.07) is 20.6. The third-order valence-corrected chi connectivity index (χ3v) is 5.33. The predicted molar refractivity (Wildman–Crippen MR) is 129 cm³/mol. The minimum absolute atomic E-state index is 0.798. The summed E-state index contributed by atoms with van der Waals surface area (Å²) in [6.45, 7) is 0.798. The Bertz CT molecular complexity index is 889. The van der Waals surface area contributed by atoms with E-state index >= 15 is 0 Å². The number of para-hydroxylation sites is 1. The fourth-order valence-electron chi connectivity index (χ4n) is 3.32. The summed E-state index contributed by atoms with van der Waals surface area (Å²) in [7, 11) is 0. The van der Waals surface area contributed by atoms with Crippen molar-refractivity contribution >= 4 is 35.7 Å². The van der Waals surface area contributed by atoms with Gasteiger partial charge in [0, 0.05) is 5.39 Å². The summed E-state index contributed by atoms with van der Waals surface area (Å²) in [5, 5.41) is 1.17. The van der Waals surface area contributed by atoms with E-state index in [9.17, 15) is 0 Å². The molecule has 2 nitrogen and oxygen atoms in total. The second-order valence-corrected chi connectivity index (χ2v) is 7.83. The van der Waals surface area contributed by atoms with Crippen LogP contribution >= 0.6 is 12.6 Å². The molecule has 152 valence electrons. The summed E-state index contributed by atoms with van der Waals surface area (Å²) in [5.41, 5.74) is 3.14. The lowest BCUT2D eigenvalue weighted by atomic mass is 10.1. The molecule has 0 amide bonds. The maximum Gasteiger partial charge on any atom is 0.119 e. The van der Waals surface area contributed by atoms with Crippen molar-refractivity contribution in [3.63, 3.8) is 0 Å². The van der Waals surface area contributed by atoms with Gasteiger partial charge in [-0.1, -0.05) is 74.6 Å². The molecule has 2 aromatic carbocycles. The van der Waals surface area contributed by atoms with Gasteiger partial charge in [0.1, 0.15) is 5.75 Å². The Morgan fingerprint density at radius 3 is 2.24 bits per heavy atom. The van der Waals surface area contributed by atoms with Gasteiger partial charge in [-0.15, -0.1) is 0 Å². The largest absolute Gasteiger partial charge is 0.494 e. The smallest absolute Gasteiger partial charge is 0.119 e. The summed E-state index contributed by atoms with van der Waals surface area (Å²) in [6.07, 6.45) is 13.1. The number of benzene rings is 2. The molecule has 3 aromatic rings. The molecule has 0 spiro atoms. The van der Waals surface area contributed by atoms with Gasteiger partial charge in [-0.25, -0.2) is 4.98 Å². The van der Waals surface area contributed by atoms with E-state index in [1.807, 2.05) is 30.3 Å². The zero-order valence-electron chi connectivity index (χ0n) is 17.1. The summed E-state index contributed by atoms with van der Waals surface area (Å²) in [4.78, 5) is 4.68. The van der Waals surface area contributed by atoms with E-state index in [4.69, 9.17) is 4.74 Å². The number of hydrogen-bond donors (Lipinski definition) is 1. The Labute approximate surface area is 180 Å². The monoisotopic (exact) mass is 405 g/mol. The molecule has 0 radical (unpaired) electrons. The van der Waals surface area contributed by atoms with Crippen LogP contribution in [0.15, 0.2) is 60.7 Å². The van der Waals surface area contributed by atoms with Gasteiger partial charge in [-0.3, -0.25) is 0 Å². The maximum absolute atomic E-state index is 5.87. The fourth-order valence-corrected chi connectivity index (χ4v) is 3.54. The lowest BCUT2D eigenvalue weighted by molar-refractivity contribution is 0.304. The van der Waals surface area contributed by atoms with Crippen molar-refractivity contribution in [3.05, 3.63) is 71.9 Å². The predicted octanol–water partition coefficient (Wildman–Crippen LogP) is 7.44. The summed E-state index contributed by atoms with van der Waals surface area (Å²) >= 11 is 4.25. The van der Waals surface area contributed by atoms with E-state index in [0.29, 0.717) is 0 Å². The highest BCUT2D eigenvalue weighted by molar-refractivity contribution is 7.80. The summed E-state index contributed by atoms with van der Waals surface area (Å²) in [5.74, 6) is 1.96. The second-order valence-electron chi connectivity index (χ2n) is 7.38. The lowest BCUT2D eigenvalue weighted by Gasteiger charge is -2.06. The van der Waals surface area contributed by atoms with Gasteiger partial charge in [0.2, 0.25) is 0 Å². The van der Waals surface area contributed by atoms with Crippen molar-refractivity contribution < 1.29 is 4.74 Å². The molecule has 29 heavy (non-hydrogen) atoms. The molecule has 0 aliphatic carbocycles. The number of pyridine rings is 1. The van der Waals surface area contributed by atoms with Gasteiger partial charge >= 0.3 is 0 Å². The molecule has 0 unspecified atom stereocenters. The maximum atomic E-state index is 5.87. The highest BCUT2D eigenvalue weighted by Crippen LogP contribution is 2.17. The minimum Gasteiger partial charge on any atom is -0.494 e. The Morgan fingerprint density at radius 2 is 1.45 bits per heavy atom. The molecule has 0 aliphatic rings. The van der Waals surface area contributed by atoms with Crippen molar-refractivity contribution in [1.29, 1.82) is 0 Å². The number of nitrogens with zero attached hydrogens (tertiary/aromatic N) is 1. The number of ether oxygens (including phenoxy) is 1. The van der Waals surface area contributed by atoms with E-state index in [1.165, 1.54) is 43.9 Å². The molecule has 0 fully saturated rings. The number of thiol groups is 1. The van der Waals surface area contributed by atoms with Gasteiger partial charge in [0.15, 0.2) is 0 Å². The minimum atomic E-state index is 0.798. The molecule has 0 aliphatic heterocycles. The quantitative estimate of drug-likeness (QED) is 0.250. The molecule has 3 heteroatoms. The SMILES string of the molecule is SCCCCCCCCCOc1ccc(C=Cc2ccc3ccccc3n2)cc1. The van der Waals surface area contributed by atoms with Crippen LogP contribution in [0.5, 0.6) is 5.75 Å². The van der Waals surface area contributed by atoms with E-state index in [1.54, 1.807) is 0 Å². The van der Waals surface area contributed by atoms with Crippen molar-refractivity contribution in [2.75, 3.05) is 12.4 Å². The molecule has 0 atom stereocenters. The van der Waals surface area contributed by atoms with Crippen molar-refractivity contribution in [2.45, 2.75) is 44.9 Å². The van der Waals surface area contributed by atoms with Crippen molar-refractivity contribution in [3.8, 4) is 5.75 Å². The molecule has 0 saturated carbocycles. The molecular weight excluding hydrogens is 374 g/mol. The van der Waals surface area contributed by atoms with Crippen LogP contribution in [-0.2, 0) is 0 Å². The molecule has 0 N–H and O–H groups in total. The first kappa shape index (κ1) is 21.4. The first-order chi connectivity index (χ1) is 14.3. The van der Waals surface area contributed by atoms with Gasteiger partial charge in [0.05, 0.1) is 17.8 Å². The van der Waals surface area contributed by atoms with Crippen LogP contribution in [0.4, 0.5) is 0 Å². The van der Waals surface area contributed by atoms with Crippen LogP contribution in [-0.4, -0.2) is 17.3 Å². The molecule has 0 saturated heterocycles. The van der Waals surface area contributed by atoms with Gasteiger partial charge in [0.25, 0.3) is 0 Å². The zero-order valence-corrected chi connectivity index (χ0v) is 18.0. The van der Waals surface area contributed by atoms with E-state index in [-0.39, 0.29) is 0 Å². The number of unbranched alkanes of at least 4 members (excludes halogenated alkanes) is 6. The lowest BCUT2D eigenvalue weighted by Crippen LogP contribution is -1.97. The highest BCUT2D eigenvalue weighted by atomic mass is 32.1. The molecule has 1 aromatic heterocycles. The van der Waals surface area contributed by atoms with E-state index in [0.717, 1.165) is 41.3 Å². The van der Waals surface area contributed by atoms with E-state index in [2.05, 4.69) is 60.1 Å². The third-order valence-electron chi connectivity index (χ3n) is 5.02. The van der Waals surface area contributed by atoms with E-state index < -0.39 is 0 Å². The Hall–Kier alpha value is -2.26. The fraction of sp³-hybridized carbons (Fsp3) is 0.346. The Balaban J connectivity index is 1.38. The number of rotatable bonds is 12. The van der Waals surface area contributed by atoms with Gasteiger partial charge in [-0.2, -0.15) is 12.6 Å². The first-order valence-electron chi connectivity index (χ1n) is 10.7.